The first kappa shape index (κ1) is 18.1. The minimum absolute atomic E-state index is 0.225. The summed E-state index contributed by atoms with van der Waals surface area (Å²) in [5.41, 5.74) is 3.52. The second-order valence-corrected chi connectivity index (χ2v) is 7.77. The van der Waals surface area contributed by atoms with Crippen molar-refractivity contribution in [2.75, 3.05) is 44.2 Å². The Morgan fingerprint density at radius 1 is 1.00 bits per heavy atom. The molecule has 2 aromatic carbocycles. The van der Waals surface area contributed by atoms with Crippen molar-refractivity contribution in [3.05, 3.63) is 60.2 Å². The number of aryl methyl sites for hydroxylation is 1. The molecule has 0 unspecified atom stereocenters. The van der Waals surface area contributed by atoms with E-state index in [9.17, 15) is 0 Å². The molecule has 1 N–H and O–H groups in total. The number of para-hydroxylation sites is 1. The van der Waals surface area contributed by atoms with Crippen molar-refractivity contribution in [3.8, 4) is 17.1 Å². The predicted molar refractivity (Wildman–Crippen MR) is 110 cm³/mol. The molecule has 0 amide bonds. The van der Waals surface area contributed by atoms with E-state index < -0.39 is 0 Å². The van der Waals surface area contributed by atoms with E-state index in [2.05, 4.69) is 69.2 Å². The van der Waals surface area contributed by atoms with Crippen LogP contribution in [-0.2, 0) is 0 Å². The van der Waals surface area contributed by atoms with E-state index >= 15 is 0 Å². The molecule has 0 atom stereocenters. The number of aromatic nitrogens is 2. The van der Waals surface area contributed by atoms with Gasteiger partial charge in [-0.25, -0.2) is 0 Å². The molecule has 4 rings (SSSR count). The van der Waals surface area contributed by atoms with Gasteiger partial charge in [-0.2, -0.15) is 0 Å². The Morgan fingerprint density at radius 2 is 1.70 bits per heavy atom. The Labute approximate surface area is 164 Å². The normalized spacial score (nSPS) is 15.3. The van der Waals surface area contributed by atoms with Gasteiger partial charge in [-0.3, -0.25) is 4.90 Å². The van der Waals surface area contributed by atoms with E-state index in [4.69, 9.17) is 10.1 Å². The maximum absolute atomic E-state index is 9.14. The Kier molecular flexibility index (Phi) is 5.48. The van der Waals surface area contributed by atoms with Crippen LogP contribution in [0, 0.1) is 6.92 Å². The minimum atomic E-state index is 0.225. The van der Waals surface area contributed by atoms with E-state index in [-0.39, 0.29) is 6.61 Å². The smallest absolute Gasteiger partial charge is 0.350 e. The van der Waals surface area contributed by atoms with Gasteiger partial charge in [0.15, 0.2) is 0 Å². The van der Waals surface area contributed by atoms with E-state index in [1.54, 1.807) is 11.5 Å². The number of benzene rings is 2. The van der Waals surface area contributed by atoms with E-state index in [1.165, 1.54) is 5.56 Å². The van der Waals surface area contributed by atoms with Gasteiger partial charge in [0.05, 0.1) is 12.2 Å². The number of anilines is 1. The van der Waals surface area contributed by atoms with Gasteiger partial charge < -0.3 is 10.0 Å². The number of hydrogen-bond donors (Lipinski definition) is 1. The minimum Gasteiger partial charge on any atom is -0.395 e. The molecule has 140 valence electrons. The van der Waals surface area contributed by atoms with Gasteiger partial charge in [0.1, 0.15) is 17.2 Å². The Balaban J connectivity index is 1.67. The highest BCUT2D eigenvalue weighted by molar-refractivity contribution is 7.06. The number of nitrogens with zero attached hydrogens (tertiary/aromatic N) is 4. The summed E-state index contributed by atoms with van der Waals surface area (Å²) >= 11 is 1.70. The molecule has 1 saturated heterocycles. The number of β-amino-alcohol motifs (C(OH)–C–C–N with tert-alkyl or cyclic N) is 1. The second kappa shape index (κ2) is 8.17. The van der Waals surface area contributed by atoms with Crippen LogP contribution in [0.2, 0.25) is 0 Å². The zero-order valence-electron chi connectivity index (χ0n) is 15.6. The third-order valence-electron chi connectivity index (χ3n) is 4.93. The maximum Gasteiger partial charge on any atom is 0.350 e. The van der Waals surface area contributed by atoms with Crippen molar-refractivity contribution in [3.63, 3.8) is 0 Å². The molecule has 1 aromatic heterocycles. The fourth-order valence-electron chi connectivity index (χ4n) is 3.34. The van der Waals surface area contributed by atoms with Crippen molar-refractivity contribution in [2.24, 2.45) is 0 Å². The Hall–Kier alpha value is -2.28. The molecular weight excluding hydrogens is 356 g/mol. The lowest BCUT2D eigenvalue weighted by Crippen LogP contribution is -2.47. The van der Waals surface area contributed by atoms with Gasteiger partial charge in [0.2, 0.25) is 0 Å². The van der Waals surface area contributed by atoms with E-state index in [1.807, 2.05) is 6.07 Å². The first-order chi connectivity index (χ1) is 13.2. The third-order valence-corrected chi connectivity index (χ3v) is 6.01. The first-order valence-corrected chi connectivity index (χ1v) is 10.2. The van der Waals surface area contributed by atoms with E-state index in [0.717, 1.165) is 54.9 Å². The molecule has 0 saturated carbocycles. The topological polar surface area (TPSA) is 43.5 Å². The molecule has 1 fully saturated rings. The van der Waals surface area contributed by atoms with Crippen LogP contribution < -0.4 is 8.86 Å². The lowest BCUT2D eigenvalue weighted by atomic mass is 10.1. The highest BCUT2D eigenvalue weighted by Crippen LogP contribution is 2.25. The van der Waals surface area contributed by atoms with Crippen molar-refractivity contribution in [1.82, 2.24) is 9.88 Å². The largest absolute Gasteiger partial charge is 0.395 e. The van der Waals surface area contributed by atoms with Crippen molar-refractivity contribution < 1.29 is 9.06 Å². The number of aliphatic hydroxyl groups is 1. The highest BCUT2D eigenvalue weighted by Gasteiger charge is 2.29. The lowest BCUT2D eigenvalue weighted by molar-refractivity contribution is -0.509. The summed E-state index contributed by atoms with van der Waals surface area (Å²) in [5.74, 6) is 0.985. The summed E-state index contributed by atoms with van der Waals surface area (Å²) < 4.78 is 2.22. The molecule has 0 aliphatic carbocycles. The molecule has 1 aliphatic rings. The fraction of sp³-hybridized carbons (Fsp3) is 0.333. The van der Waals surface area contributed by atoms with Crippen LogP contribution >= 0.6 is 11.5 Å². The van der Waals surface area contributed by atoms with Gasteiger partial charge in [0, 0.05) is 32.7 Å². The average Bonchev–Trinajstić information content (AvgIpc) is 3.15. The summed E-state index contributed by atoms with van der Waals surface area (Å²) in [7, 11) is 0. The van der Waals surface area contributed by atoms with Crippen LogP contribution in [0.5, 0.6) is 0 Å². The number of rotatable bonds is 5. The van der Waals surface area contributed by atoms with Crippen molar-refractivity contribution in [2.45, 2.75) is 6.92 Å². The molecule has 6 heteroatoms. The predicted octanol–water partition coefficient (Wildman–Crippen LogP) is 2.51. The number of aliphatic hydroxyl groups excluding tert-OH is 1. The van der Waals surface area contributed by atoms with Crippen LogP contribution in [0.25, 0.3) is 17.1 Å². The summed E-state index contributed by atoms with van der Waals surface area (Å²) in [5, 5.41) is 10.2. The number of hydrogen-bond acceptors (Lipinski definition) is 5. The molecular formula is C21H25N4OS+. The van der Waals surface area contributed by atoms with Gasteiger partial charge in [-0.05, 0) is 36.2 Å². The first-order valence-electron chi connectivity index (χ1n) is 9.38. The summed E-state index contributed by atoms with van der Waals surface area (Å²) in [4.78, 5) is 9.68. The van der Waals surface area contributed by atoms with Crippen molar-refractivity contribution >= 4 is 16.7 Å². The Bertz CT molecular complexity index is 871. The van der Waals surface area contributed by atoms with Gasteiger partial charge in [-0.15, -0.1) is 3.96 Å². The second-order valence-electron chi connectivity index (χ2n) is 6.86. The van der Waals surface area contributed by atoms with Crippen molar-refractivity contribution in [1.29, 1.82) is 0 Å². The van der Waals surface area contributed by atoms with Crippen LogP contribution in [0.4, 0.5) is 5.13 Å². The maximum atomic E-state index is 9.14. The quantitative estimate of drug-likeness (QED) is 0.690. The summed E-state index contributed by atoms with van der Waals surface area (Å²) in [6, 6.07) is 19.0. The monoisotopic (exact) mass is 381 g/mol. The fourth-order valence-corrected chi connectivity index (χ4v) is 4.39. The average molecular weight is 382 g/mol. The standard InChI is InChI=1S/C21H25N4OS/c1-17-7-9-18(10-8-17)20-22-21(24-13-11-23(12-14-24)15-16-26)27-25(20)19-5-3-2-4-6-19/h2-10,26H,11-16H2,1H3/q+1. The molecule has 3 aromatic rings. The molecule has 2 heterocycles. The Morgan fingerprint density at radius 3 is 2.37 bits per heavy atom. The van der Waals surface area contributed by atoms with Crippen LogP contribution in [0.3, 0.4) is 0 Å². The van der Waals surface area contributed by atoms with Crippen LogP contribution in [-0.4, -0.2) is 54.3 Å². The zero-order valence-corrected chi connectivity index (χ0v) is 16.4. The third kappa shape index (κ3) is 4.03. The van der Waals surface area contributed by atoms with Crippen LogP contribution in [0.15, 0.2) is 54.6 Å². The molecule has 27 heavy (non-hydrogen) atoms. The van der Waals surface area contributed by atoms with Gasteiger partial charge in [-0.1, -0.05) is 35.9 Å². The lowest BCUT2D eigenvalue weighted by Gasteiger charge is -2.32. The highest BCUT2D eigenvalue weighted by atomic mass is 32.1. The van der Waals surface area contributed by atoms with Gasteiger partial charge in [0.25, 0.3) is 0 Å². The van der Waals surface area contributed by atoms with E-state index in [0.29, 0.717) is 0 Å². The van der Waals surface area contributed by atoms with Crippen LogP contribution in [0.1, 0.15) is 5.56 Å². The molecule has 1 aliphatic heterocycles. The zero-order chi connectivity index (χ0) is 18.6. The molecule has 0 bridgehead atoms. The SMILES string of the molecule is Cc1ccc(-c2nc(N3CCN(CCO)CC3)s[n+]2-c2ccccc2)cc1. The molecule has 0 radical (unpaired) electrons. The molecule has 5 nitrogen and oxygen atoms in total. The summed E-state index contributed by atoms with van der Waals surface area (Å²) in [6.45, 7) is 6.89. The summed E-state index contributed by atoms with van der Waals surface area (Å²) in [6.07, 6.45) is 0. The number of piperazine rings is 1. The van der Waals surface area contributed by atoms with Gasteiger partial charge >= 0.3 is 11.0 Å². The molecule has 0 spiro atoms.